The summed E-state index contributed by atoms with van der Waals surface area (Å²) in [6.45, 7) is 2.52. The molecule has 8 nitrogen and oxygen atoms in total. The van der Waals surface area contributed by atoms with Gasteiger partial charge in [-0.2, -0.15) is 10.1 Å². The number of imidazole rings is 1. The maximum absolute atomic E-state index is 5.89. The number of nitrogen functional groups attached to an aromatic ring is 2. The minimum absolute atomic E-state index is 0.187. The molecule has 0 fully saturated rings. The normalized spacial score (nSPS) is 11.2. The summed E-state index contributed by atoms with van der Waals surface area (Å²) in [5, 5.41) is 7.15. The average Bonchev–Trinajstić information content (AvgIpc) is 3.14. The van der Waals surface area contributed by atoms with Gasteiger partial charge in [-0.1, -0.05) is 12.1 Å². The summed E-state index contributed by atoms with van der Waals surface area (Å²) in [5.74, 6) is 0.187. The van der Waals surface area contributed by atoms with Gasteiger partial charge in [-0.3, -0.25) is 5.10 Å². The van der Waals surface area contributed by atoms with E-state index in [1.165, 1.54) is 0 Å². The van der Waals surface area contributed by atoms with Gasteiger partial charge in [0, 0.05) is 11.4 Å². The van der Waals surface area contributed by atoms with Gasteiger partial charge in [0.2, 0.25) is 5.95 Å². The summed E-state index contributed by atoms with van der Waals surface area (Å²) in [6, 6.07) is 9.61. The fourth-order valence-corrected chi connectivity index (χ4v) is 2.68. The highest BCUT2D eigenvalue weighted by molar-refractivity contribution is 5.87. The molecule has 0 spiro atoms. The number of aromatic nitrogens is 6. The van der Waals surface area contributed by atoms with Crippen molar-refractivity contribution in [2.24, 2.45) is 0 Å². The standard InChI is InChI=1S/C16H16N8/c1-9-5-12(23-22-9)13-14-15(21-16(18)20-13)24(8-19-14)7-10-3-2-4-11(17)6-10/h2-6,8H,7,17H2,1H3,(H,22,23)(H2,18,20,21). The lowest BCUT2D eigenvalue weighted by atomic mass is 10.2. The first kappa shape index (κ1) is 14.2. The molecule has 0 saturated carbocycles. The van der Waals surface area contributed by atoms with E-state index in [9.17, 15) is 0 Å². The number of benzene rings is 1. The van der Waals surface area contributed by atoms with Crippen LogP contribution in [0.4, 0.5) is 11.6 Å². The zero-order valence-corrected chi connectivity index (χ0v) is 13.1. The Balaban J connectivity index is 1.83. The first-order chi connectivity index (χ1) is 11.6. The number of H-pyrrole nitrogens is 1. The Morgan fingerprint density at radius 3 is 2.79 bits per heavy atom. The van der Waals surface area contributed by atoms with E-state index >= 15 is 0 Å². The summed E-state index contributed by atoms with van der Waals surface area (Å²) in [5.41, 5.74) is 17.1. The van der Waals surface area contributed by atoms with Crippen molar-refractivity contribution in [3.05, 3.63) is 47.9 Å². The molecule has 0 aliphatic carbocycles. The molecule has 0 aliphatic heterocycles. The molecule has 0 unspecified atom stereocenters. The SMILES string of the molecule is Cc1cc(-c2nc(N)nc3c2ncn3Cc2cccc(N)c2)n[nH]1. The van der Waals surface area contributed by atoms with Crippen molar-refractivity contribution < 1.29 is 0 Å². The third-order valence-electron chi connectivity index (χ3n) is 3.73. The van der Waals surface area contributed by atoms with Gasteiger partial charge in [0.25, 0.3) is 0 Å². The molecule has 0 aliphatic rings. The Hall–Kier alpha value is -3.42. The minimum atomic E-state index is 0.187. The van der Waals surface area contributed by atoms with Crippen molar-refractivity contribution in [2.75, 3.05) is 11.5 Å². The molecule has 0 atom stereocenters. The highest BCUT2D eigenvalue weighted by atomic mass is 15.2. The zero-order valence-electron chi connectivity index (χ0n) is 13.1. The van der Waals surface area contributed by atoms with Gasteiger partial charge in [0.15, 0.2) is 5.65 Å². The number of hydrogen-bond donors (Lipinski definition) is 3. The van der Waals surface area contributed by atoms with Crippen LogP contribution >= 0.6 is 0 Å². The lowest BCUT2D eigenvalue weighted by Gasteiger charge is -2.06. The van der Waals surface area contributed by atoms with Crippen molar-refractivity contribution in [1.29, 1.82) is 0 Å². The second kappa shape index (κ2) is 5.34. The number of aryl methyl sites for hydroxylation is 1. The third kappa shape index (κ3) is 2.43. The maximum Gasteiger partial charge on any atom is 0.222 e. The summed E-state index contributed by atoms with van der Waals surface area (Å²) in [4.78, 5) is 13.1. The van der Waals surface area contributed by atoms with Crippen LogP contribution in [0.15, 0.2) is 36.7 Å². The fourth-order valence-electron chi connectivity index (χ4n) is 2.68. The highest BCUT2D eigenvalue weighted by Gasteiger charge is 2.16. The number of fused-ring (bicyclic) bond motifs is 1. The van der Waals surface area contributed by atoms with Crippen LogP contribution in [0.1, 0.15) is 11.3 Å². The number of nitrogens with two attached hydrogens (primary N) is 2. The van der Waals surface area contributed by atoms with E-state index in [-0.39, 0.29) is 5.95 Å². The number of anilines is 2. The quantitative estimate of drug-likeness (QED) is 0.494. The van der Waals surface area contributed by atoms with E-state index in [0.717, 1.165) is 16.9 Å². The minimum Gasteiger partial charge on any atom is -0.399 e. The second-order valence-electron chi connectivity index (χ2n) is 5.66. The smallest absolute Gasteiger partial charge is 0.222 e. The van der Waals surface area contributed by atoms with E-state index in [1.807, 2.05) is 41.8 Å². The molecule has 24 heavy (non-hydrogen) atoms. The van der Waals surface area contributed by atoms with Crippen molar-refractivity contribution in [3.8, 4) is 11.4 Å². The third-order valence-corrected chi connectivity index (χ3v) is 3.73. The molecule has 4 rings (SSSR count). The van der Waals surface area contributed by atoms with Crippen LogP contribution in [0, 0.1) is 6.92 Å². The number of nitrogens with one attached hydrogen (secondary N) is 1. The number of nitrogens with zero attached hydrogens (tertiary/aromatic N) is 5. The zero-order chi connectivity index (χ0) is 16.7. The molecular formula is C16H16N8. The van der Waals surface area contributed by atoms with E-state index in [1.54, 1.807) is 6.33 Å². The predicted octanol–water partition coefficient (Wildman–Crippen LogP) is 1.74. The summed E-state index contributed by atoms with van der Waals surface area (Å²) in [7, 11) is 0. The lowest BCUT2D eigenvalue weighted by Crippen LogP contribution is -2.03. The van der Waals surface area contributed by atoms with Crippen LogP contribution in [-0.2, 0) is 6.54 Å². The largest absolute Gasteiger partial charge is 0.399 e. The van der Waals surface area contributed by atoms with Gasteiger partial charge in [-0.25, -0.2) is 9.97 Å². The van der Waals surface area contributed by atoms with E-state index in [4.69, 9.17) is 11.5 Å². The van der Waals surface area contributed by atoms with Crippen LogP contribution < -0.4 is 11.5 Å². The van der Waals surface area contributed by atoms with Crippen molar-refractivity contribution in [1.82, 2.24) is 29.7 Å². The lowest BCUT2D eigenvalue weighted by molar-refractivity contribution is 0.814. The molecule has 1 aromatic carbocycles. The molecule has 0 radical (unpaired) electrons. The van der Waals surface area contributed by atoms with E-state index in [0.29, 0.717) is 29.1 Å². The van der Waals surface area contributed by atoms with Crippen LogP contribution in [0.2, 0.25) is 0 Å². The molecule has 0 amide bonds. The van der Waals surface area contributed by atoms with Crippen molar-refractivity contribution in [2.45, 2.75) is 13.5 Å². The molecule has 0 bridgehead atoms. The molecular weight excluding hydrogens is 304 g/mol. The predicted molar refractivity (Wildman–Crippen MR) is 92.0 cm³/mol. The maximum atomic E-state index is 5.89. The highest BCUT2D eigenvalue weighted by Crippen LogP contribution is 2.25. The topological polar surface area (TPSA) is 124 Å². The molecule has 3 heterocycles. The number of aromatic amines is 1. The second-order valence-corrected chi connectivity index (χ2v) is 5.66. The van der Waals surface area contributed by atoms with Gasteiger partial charge in [0.05, 0.1) is 12.9 Å². The molecule has 3 aromatic heterocycles. The van der Waals surface area contributed by atoms with Crippen LogP contribution in [0.3, 0.4) is 0 Å². The monoisotopic (exact) mass is 320 g/mol. The molecule has 4 aromatic rings. The first-order valence-corrected chi connectivity index (χ1v) is 7.45. The van der Waals surface area contributed by atoms with E-state index in [2.05, 4.69) is 25.1 Å². The Kier molecular flexibility index (Phi) is 3.16. The Morgan fingerprint density at radius 1 is 1.17 bits per heavy atom. The van der Waals surface area contributed by atoms with Gasteiger partial charge in [-0.05, 0) is 30.7 Å². The molecule has 5 N–H and O–H groups in total. The van der Waals surface area contributed by atoms with Crippen LogP contribution in [0.25, 0.3) is 22.6 Å². The van der Waals surface area contributed by atoms with E-state index < -0.39 is 0 Å². The number of rotatable bonds is 3. The Labute approximate surface area is 137 Å². The van der Waals surface area contributed by atoms with Crippen LogP contribution in [-0.4, -0.2) is 29.7 Å². The Morgan fingerprint density at radius 2 is 2.04 bits per heavy atom. The Bertz CT molecular complexity index is 1030. The molecule has 120 valence electrons. The van der Waals surface area contributed by atoms with Gasteiger partial charge < -0.3 is 16.0 Å². The number of hydrogen-bond acceptors (Lipinski definition) is 6. The average molecular weight is 320 g/mol. The van der Waals surface area contributed by atoms with Gasteiger partial charge in [0.1, 0.15) is 16.9 Å². The summed E-state index contributed by atoms with van der Waals surface area (Å²) in [6.07, 6.45) is 1.73. The van der Waals surface area contributed by atoms with Crippen molar-refractivity contribution in [3.63, 3.8) is 0 Å². The van der Waals surface area contributed by atoms with Crippen molar-refractivity contribution >= 4 is 22.8 Å². The van der Waals surface area contributed by atoms with Crippen LogP contribution in [0.5, 0.6) is 0 Å². The first-order valence-electron chi connectivity index (χ1n) is 7.45. The summed E-state index contributed by atoms with van der Waals surface area (Å²) >= 11 is 0. The fraction of sp³-hybridized carbons (Fsp3) is 0.125. The van der Waals surface area contributed by atoms with Gasteiger partial charge in [-0.15, -0.1) is 0 Å². The summed E-state index contributed by atoms with van der Waals surface area (Å²) < 4.78 is 1.92. The van der Waals surface area contributed by atoms with Gasteiger partial charge >= 0.3 is 0 Å². The molecule has 8 heteroatoms. The molecule has 0 saturated heterocycles.